The summed E-state index contributed by atoms with van der Waals surface area (Å²) < 4.78 is 14.6. The Labute approximate surface area is 141 Å². The fourth-order valence-electron chi connectivity index (χ4n) is 2.34. The average molecular weight is 334 g/mol. The summed E-state index contributed by atoms with van der Waals surface area (Å²) in [6.07, 6.45) is 6.36. The minimum Gasteiger partial charge on any atom is -0.322 e. The number of nitrogens with one attached hydrogen (secondary N) is 1. The van der Waals surface area contributed by atoms with Gasteiger partial charge in [-0.15, -0.1) is 5.10 Å². The molecule has 0 unspecified atom stereocenters. The molecule has 0 aliphatic carbocycles. The number of aromatic nitrogens is 5. The second kappa shape index (κ2) is 6.08. The zero-order valence-corrected chi connectivity index (χ0v) is 12.8. The second-order valence-corrected chi connectivity index (χ2v) is 5.17. The van der Waals surface area contributed by atoms with Crippen LogP contribution in [0, 0.1) is 5.82 Å². The molecule has 0 atom stereocenters. The van der Waals surface area contributed by atoms with Crippen LogP contribution < -0.4 is 5.32 Å². The highest BCUT2D eigenvalue weighted by molar-refractivity contribution is 6.06. The van der Waals surface area contributed by atoms with Gasteiger partial charge in [-0.1, -0.05) is 0 Å². The van der Waals surface area contributed by atoms with E-state index >= 15 is 0 Å². The standard InChI is InChI=1S/C17H11FN6O/c18-12-5-3-11(4-6-12)15(25)17-22-16(13-2-1-9-24(13)23-17)21-14-10-19-7-8-20-14/h1-10H,(H,20,21,22,23). The Morgan fingerprint density at radius 3 is 2.72 bits per heavy atom. The number of benzene rings is 1. The lowest BCUT2D eigenvalue weighted by molar-refractivity contribution is 0.102. The number of carbonyl (C=O) groups excluding carboxylic acids is 1. The summed E-state index contributed by atoms with van der Waals surface area (Å²) in [6.45, 7) is 0. The number of fused-ring (bicyclic) bond motifs is 1. The molecule has 0 saturated heterocycles. The predicted molar refractivity (Wildman–Crippen MR) is 88.1 cm³/mol. The van der Waals surface area contributed by atoms with Gasteiger partial charge in [0.05, 0.1) is 6.20 Å². The molecule has 0 spiro atoms. The van der Waals surface area contributed by atoms with Gasteiger partial charge in [0.25, 0.3) is 0 Å². The number of carbonyl (C=O) groups is 1. The van der Waals surface area contributed by atoms with Crippen molar-refractivity contribution >= 4 is 22.9 Å². The van der Waals surface area contributed by atoms with Gasteiger partial charge in [0.2, 0.25) is 11.6 Å². The fourth-order valence-corrected chi connectivity index (χ4v) is 2.34. The van der Waals surface area contributed by atoms with Crippen LogP contribution in [0.1, 0.15) is 16.2 Å². The van der Waals surface area contributed by atoms with E-state index in [-0.39, 0.29) is 5.82 Å². The molecule has 3 aromatic heterocycles. The normalized spacial score (nSPS) is 10.8. The molecule has 0 fully saturated rings. The van der Waals surface area contributed by atoms with Crippen LogP contribution in [0.4, 0.5) is 16.0 Å². The quantitative estimate of drug-likeness (QED) is 0.578. The van der Waals surface area contributed by atoms with Crippen LogP contribution in [0.15, 0.2) is 61.2 Å². The van der Waals surface area contributed by atoms with Gasteiger partial charge in [0, 0.05) is 24.2 Å². The molecule has 0 bridgehead atoms. The molecule has 0 radical (unpaired) electrons. The Hall–Kier alpha value is -3.68. The maximum atomic E-state index is 13.1. The highest BCUT2D eigenvalue weighted by Gasteiger charge is 2.16. The molecule has 0 saturated carbocycles. The Balaban J connectivity index is 1.77. The van der Waals surface area contributed by atoms with Gasteiger partial charge in [0.15, 0.2) is 5.82 Å². The fraction of sp³-hybridized carbons (Fsp3) is 0. The summed E-state index contributed by atoms with van der Waals surface area (Å²) in [5.74, 6) is 0.0817. The van der Waals surface area contributed by atoms with Gasteiger partial charge >= 0.3 is 0 Å². The summed E-state index contributed by atoms with van der Waals surface area (Å²) >= 11 is 0. The van der Waals surface area contributed by atoms with Crippen molar-refractivity contribution in [3.8, 4) is 0 Å². The van der Waals surface area contributed by atoms with Crippen LogP contribution >= 0.6 is 0 Å². The smallest absolute Gasteiger partial charge is 0.232 e. The molecule has 3 heterocycles. The molecule has 4 rings (SSSR count). The van der Waals surface area contributed by atoms with E-state index in [1.165, 1.54) is 24.3 Å². The lowest BCUT2D eigenvalue weighted by Crippen LogP contribution is -2.12. The van der Waals surface area contributed by atoms with Crippen LogP contribution in [-0.2, 0) is 0 Å². The zero-order valence-electron chi connectivity index (χ0n) is 12.8. The summed E-state index contributed by atoms with van der Waals surface area (Å²) in [5.41, 5.74) is 0.986. The average Bonchev–Trinajstić information content (AvgIpc) is 3.11. The maximum Gasteiger partial charge on any atom is 0.232 e. The molecule has 7 nitrogen and oxygen atoms in total. The molecule has 25 heavy (non-hydrogen) atoms. The minimum absolute atomic E-state index is 0.0123. The first-order valence-electron chi connectivity index (χ1n) is 7.39. The van der Waals surface area contributed by atoms with Crippen molar-refractivity contribution in [1.82, 2.24) is 24.6 Å². The predicted octanol–water partition coefficient (Wildman–Crippen LogP) is 2.63. The summed E-state index contributed by atoms with van der Waals surface area (Å²) in [6, 6.07) is 8.84. The summed E-state index contributed by atoms with van der Waals surface area (Å²) in [5, 5.41) is 7.25. The van der Waals surface area contributed by atoms with Gasteiger partial charge in [0.1, 0.15) is 17.2 Å². The zero-order chi connectivity index (χ0) is 17.2. The molecule has 122 valence electrons. The summed E-state index contributed by atoms with van der Waals surface area (Å²) in [4.78, 5) is 25.0. The molecule has 1 aromatic carbocycles. The Bertz CT molecular complexity index is 1050. The number of halogens is 1. The molecule has 4 aromatic rings. The largest absolute Gasteiger partial charge is 0.322 e. The first kappa shape index (κ1) is 14.9. The SMILES string of the molecule is O=C(c1ccc(F)cc1)c1nc(Nc2cnccn2)c2cccn2n1. The number of hydrogen-bond acceptors (Lipinski definition) is 6. The van der Waals surface area contributed by atoms with E-state index in [4.69, 9.17) is 0 Å². The Morgan fingerprint density at radius 2 is 1.96 bits per heavy atom. The van der Waals surface area contributed by atoms with E-state index in [2.05, 4.69) is 25.4 Å². The maximum absolute atomic E-state index is 13.1. The number of nitrogens with zero attached hydrogens (tertiary/aromatic N) is 5. The number of rotatable bonds is 4. The molecular weight excluding hydrogens is 323 g/mol. The highest BCUT2D eigenvalue weighted by Crippen LogP contribution is 2.19. The van der Waals surface area contributed by atoms with Gasteiger partial charge in [-0.25, -0.2) is 18.9 Å². The first-order chi connectivity index (χ1) is 12.2. The van der Waals surface area contributed by atoms with Crippen LogP contribution in [0.25, 0.3) is 5.52 Å². The third-order valence-electron chi connectivity index (χ3n) is 3.51. The first-order valence-corrected chi connectivity index (χ1v) is 7.39. The van der Waals surface area contributed by atoms with Crippen molar-refractivity contribution in [1.29, 1.82) is 0 Å². The molecule has 0 aliphatic rings. The monoisotopic (exact) mass is 334 g/mol. The molecular formula is C17H11FN6O. The number of anilines is 2. The van der Waals surface area contributed by atoms with Crippen LogP contribution in [0.2, 0.25) is 0 Å². The second-order valence-electron chi connectivity index (χ2n) is 5.17. The van der Waals surface area contributed by atoms with Gasteiger partial charge in [-0.2, -0.15) is 0 Å². The third-order valence-corrected chi connectivity index (χ3v) is 3.51. The lowest BCUT2D eigenvalue weighted by Gasteiger charge is -2.08. The molecule has 1 N–H and O–H groups in total. The Kier molecular flexibility index (Phi) is 3.62. The van der Waals surface area contributed by atoms with E-state index < -0.39 is 11.6 Å². The lowest BCUT2D eigenvalue weighted by atomic mass is 10.1. The van der Waals surface area contributed by atoms with Crippen molar-refractivity contribution in [3.05, 3.63) is 78.4 Å². The minimum atomic E-state index is -0.414. The van der Waals surface area contributed by atoms with Crippen molar-refractivity contribution in [2.75, 3.05) is 5.32 Å². The van der Waals surface area contributed by atoms with Gasteiger partial charge in [-0.3, -0.25) is 9.78 Å². The van der Waals surface area contributed by atoms with E-state index in [0.717, 1.165) is 0 Å². The van der Waals surface area contributed by atoms with Crippen molar-refractivity contribution < 1.29 is 9.18 Å². The van der Waals surface area contributed by atoms with Crippen molar-refractivity contribution in [3.63, 3.8) is 0 Å². The molecule has 8 heteroatoms. The van der Waals surface area contributed by atoms with Crippen LogP contribution in [0.5, 0.6) is 0 Å². The van der Waals surface area contributed by atoms with E-state index in [0.29, 0.717) is 22.7 Å². The highest BCUT2D eigenvalue weighted by atomic mass is 19.1. The topological polar surface area (TPSA) is 85.1 Å². The van der Waals surface area contributed by atoms with E-state index in [1.54, 1.807) is 35.4 Å². The van der Waals surface area contributed by atoms with E-state index in [9.17, 15) is 9.18 Å². The van der Waals surface area contributed by atoms with Crippen molar-refractivity contribution in [2.24, 2.45) is 0 Å². The van der Waals surface area contributed by atoms with Crippen LogP contribution in [-0.4, -0.2) is 30.3 Å². The number of ketones is 1. The Morgan fingerprint density at radius 1 is 1.12 bits per heavy atom. The van der Waals surface area contributed by atoms with Crippen LogP contribution in [0.3, 0.4) is 0 Å². The van der Waals surface area contributed by atoms with Crippen molar-refractivity contribution in [2.45, 2.75) is 0 Å². The van der Waals surface area contributed by atoms with E-state index in [1.807, 2.05) is 6.07 Å². The summed E-state index contributed by atoms with van der Waals surface area (Å²) in [7, 11) is 0. The molecule has 0 aliphatic heterocycles. The molecule has 0 amide bonds. The third kappa shape index (κ3) is 2.92. The van der Waals surface area contributed by atoms with Gasteiger partial charge in [-0.05, 0) is 36.4 Å². The number of hydrogen-bond donors (Lipinski definition) is 1. The van der Waals surface area contributed by atoms with Gasteiger partial charge < -0.3 is 5.32 Å².